The number of Topliss-reactive ketones (excluding diaryl/α,β-unsaturated/α-hetero) is 1. The molecule has 7 heteroatoms. The third kappa shape index (κ3) is 3.79. The fourth-order valence-electron chi connectivity index (χ4n) is 4.34. The smallest absolute Gasteiger partial charge is 0.295 e. The van der Waals surface area contributed by atoms with Crippen LogP contribution in [0.25, 0.3) is 16.7 Å². The summed E-state index contributed by atoms with van der Waals surface area (Å²) in [5.74, 6) is -1.58. The number of carbonyl (C=O) groups is 2. The van der Waals surface area contributed by atoms with E-state index in [4.69, 9.17) is 11.6 Å². The molecule has 164 valence electrons. The maximum Gasteiger partial charge on any atom is 0.295 e. The second-order valence-electron chi connectivity index (χ2n) is 7.90. The lowest BCUT2D eigenvalue weighted by Gasteiger charge is -2.25. The summed E-state index contributed by atoms with van der Waals surface area (Å²) in [5, 5.41) is 12.6. The molecule has 2 aromatic carbocycles. The first-order valence-corrected chi connectivity index (χ1v) is 10.9. The Morgan fingerprint density at radius 2 is 1.85 bits per heavy atom. The van der Waals surface area contributed by atoms with Crippen molar-refractivity contribution >= 4 is 40.0 Å². The third-order valence-electron chi connectivity index (χ3n) is 5.95. The number of para-hydroxylation sites is 1. The first kappa shape index (κ1) is 21.0. The minimum Gasteiger partial charge on any atom is -0.507 e. The number of aliphatic hydroxyl groups is 1. The van der Waals surface area contributed by atoms with Gasteiger partial charge >= 0.3 is 0 Å². The van der Waals surface area contributed by atoms with Gasteiger partial charge < -0.3 is 15.0 Å². The number of halogens is 1. The van der Waals surface area contributed by atoms with Crippen LogP contribution >= 0.6 is 11.6 Å². The van der Waals surface area contributed by atoms with Gasteiger partial charge in [-0.1, -0.05) is 35.9 Å². The molecule has 5 rings (SSSR count). The normalized spacial score (nSPS) is 17.7. The second-order valence-corrected chi connectivity index (χ2v) is 8.33. The predicted molar refractivity (Wildman–Crippen MR) is 127 cm³/mol. The number of nitrogens with zero attached hydrogens (tertiary/aromatic N) is 2. The van der Waals surface area contributed by atoms with Gasteiger partial charge in [-0.3, -0.25) is 14.6 Å². The third-order valence-corrected chi connectivity index (χ3v) is 6.21. The molecule has 3 heterocycles. The van der Waals surface area contributed by atoms with Gasteiger partial charge in [-0.25, -0.2) is 0 Å². The summed E-state index contributed by atoms with van der Waals surface area (Å²) in [6, 6.07) is 17.3. The van der Waals surface area contributed by atoms with Crippen LogP contribution in [0.2, 0.25) is 5.02 Å². The quantitative estimate of drug-likeness (QED) is 0.254. The van der Waals surface area contributed by atoms with Crippen LogP contribution in [0.4, 0.5) is 0 Å². The van der Waals surface area contributed by atoms with Crippen molar-refractivity contribution in [2.24, 2.45) is 0 Å². The van der Waals surface area contributed by atoms with Crippen molar-refractivity contribution in [1.82, 2.24) is 14.9 Å². The number of aliphatic hydroxyl groups excluding tert-OH is 1. The molecule has 0 spiro atoms. The van der Waals surface area contributed by atoms with Crippen molar-refractivity contribution < 1.29 is 14.7 Å². The first-order valence-electron chi connectivity index (χ1n) is 10.5. The van der Waals surface area contributed by atoms with Crippen LogP contribution < -0.4 is 0 Å². The molecule has 1 amide bonds. The van der Waals surface area contributed by atoms with Gasteiger partial charge in [-0.15, -0.1) is 0 Å². The van der Waals surface area contributed by atoms with Crippen molar-refractivity contribution in [3.05, 3.63) is 107 Å². The molecule has 4 aromatic rings. The zero-order valence-corrected chi connectivity index (χ0v) is 18.3. The number of likely N-dealkylation sites (tertiary alicyclic amines) is 1. The topological polar surface area (TPSA) is 86.3 Å². The maximum absolute atomic E-state index is 13.1. The van der Waals surface area contributed by atoms with Crippen LogP contribution in [0.5, 0.6) is 0 Å². The van der Waals surface area contributed by atoms with Gasteiger partial charge in [0, 0.05) is 46.6 Å². The first-order chi connectivity index (χ1) is 16.0. The van der Waals surface area contributed by atoms with Crippen LogP contribution in [0.1, 0.15) is 22.7 Å². The van der Waals surface area contributed by atoms with E-state index < -0.39 is 17.7 Å². The van der Waals surface area contributed by atoms with Crippen LogP contribution in [0.3, 0.4) is 0 Å². The van der Waals surface area contributed by atoms with Gasteiger partial charge in [0.1, 0.15) is 5.76 Å². The number of ketones is 1. The largest absolute Gasteiger partial charge is 0.507 e. The maximum atomic E-state index is 13.1. The number of hydrogen-bond donors (Lipinski definition) is 2. The van der Waals surface area contributed by atoms with Crippen molar-refractivity contribution in [2.45, 2.75) is 12.5 Å². The SMILES string of the molecule is O=C1C(=O)N(CCc2c[nH]c3ccccc23)[C@H](c2cccnc2)C1=C(O)c1ccc(Cl)cc1. The molecule has 2 aromatic heterocycles. The lowest BCUT2D eigenvalue weighted by Crippen LogP contribution is -2.31. The highest BCUT2D eigenvalue weighted by atomic mass is 35.5. The fourth-order valence-corrected chi connectivity index (χ4v) is 4.46. The van der Waals surface area contributed by atoms with Crippen LogP contribution in [0.15, 0.2) is 84.8 Å². The van der Waals surface area contributed by atoms with Gasteiger partial charge in [0.05, 0.1) is 11.6 Å². The molecular formula is C26H20ClN3O3. The molecule has 0 saturated carbocycles. The average molecular weight is 458 g/mol. The Morgan fingerprint density at radius 3 is 2.61 bits per heavy atom. The molecule has 2 N–H and O–H groups in total. The van der Waals surface area contributed by atoms with E-state index in [0.29, 0.717) is 29.1 Å². The van der Waals surface area contributed by atoms with Crippen LogP contribution in [-0.2, 0) is 16.0 Å². The standard InChI is InChI=1S/C26H20ClN3O3/c27-19-9-7-16(8-10-19)24(31)22-23(18-4-3-12-28-14-18)30(26(33)25(22)32)13-11-17-15-29-21-6-2-1-5-20(17)21/h1-10,12,14-15,23,29,31H,11,13H2/t23-/m1/s1. The van der Waals surface area contributed by atoms with Crippen molar-refractivity contribution in [3.63, 3.8) is 0 Å². The molecule has 0 bridgehead atoms. The van der Waals surface area contributed by atoms with Crippen LogP contribution in [0, 0.1) is 0 Å². The van der Waals surface area contributed by atoms with E-state index in [-0.39, 0.29) is 11.3 Å². The number of hydrogen-bond acceptors (Lipinski definition) is 4. The minimum absolute atomic E-state index is 0.0502. The average Bonchev–Trinajstić information content (AvgIpc) is 3.37. The van der Waals surface area contributed by atoms with Crippen molar-refractivity contribution in [2.75, 3.05) is 6.54 Å². The number of carbonyl (C=O) groups excluding carboxylic acids is 2. The van der Waals surface area contributed by atoms with Crippen molar-refractivity contribution in [1.29, 1.82) is 0 Å². The lowest BCUT2D eigenvalue weighted by molar-refractivity contribution is -0.139. The Labute approximate surface area is 195 Å². The zero-order valence-electron chi connectivity index (χ0n) is 17.5. The molecule has 1 saturated heterocycles. The molecule has 1 aliphatic heterocycles. The highest BCUT2D eigenvalue weighted by Crippen LogP contribution is 2.39. The summed E-state index contributed by atoms with van der Waals surface area (Å²) in [4.78, 5) is 35.1. The molecule has 0 unspecified atom stereocenters. The molecule has 1 aliphatic rings. The summed E-state index contributed by atoms with van der Waals surface area (Å²) in [6.07, 6.45) is 5.72. The Bertz CT molecular complexity index is 1380. The number of aromatic nitrogens is 2. The Balaban J connectivity index is 1.55. The molecule has 0 aliphatic carbocycles. The number of aromatic amines is 1. The minimum atomic E-state index is -0.736. The molecule has 1 atom stereocenters. The zero-order chi connectivity index (χ0) is 22.9. The number of nitrogens with one attached hydrogen (secondary N) is 1. The monoisotopic (exact) mass is 457 g/mol. The second kappa shape index (κ2) is 8.56. The number of amides is 1. The van der Waals surface area contributed by atoms with Gasteiger partial charge in [-0.05, 0) is 53.9 Å². The summed E-state index contributed by atoms with van der Waals surface area (Å²) in [7, 11) is 0. The van der Waals surface area contributed by atoms with E-state index in [1.807, 2.05) is 30.5 Å². The number of benzene rings is 2. The van der Waals surface area contributed by atoms with Gasteiger partial charge in [0.15, 0.2) is 0 Å². The number of pyridine rings is 1. The highest BCUT2D eigenvalue weighted by molar-refractivity contribution is 6.46. The van der Waals surface area contributed by atoms with Crippen LogP contribution in [-0.4, -0.2) is 38.2 Å². The van der Waals surface area contributed by atoms with E-state index >= 15 is 0 Å². The number of rotatable bonds is 5. The predicted octanol–water partition coefficient (Wildman–Crippen LogP) is 4.88. The summed E-state index contributed by atoms with van der Waals surface area (Å²) in [6.45, 7) is 0.309. The van der Waals surface area contributed by atoms with Gasteiger partial charge in [-0.2, -0.15) is 0 Å². The highest BCUT2D eigenvalue weighted by Gasteiger charge is 2.46. The van der Waals surface area contributed by atoms with E-state index in [2.05, 4.69) is 9.97 Å². The number of fused-ring (bicyclic) bond motifs is 1. The Morgan fingerprint density at radius 1 is 1.06 bits per heavy atom. The molecular weight excluding hydrogens is 438 g/mol. The van der Waals surface area contributed by atoms with Gasteiger partial charge in [0.25, 0.3) is 11.7 Å². The van der Waals surface area contributed by atoms with E-state index in [1.54, 1.807) is 48.8 Å². The lowest BCUT2D eigenvalue weighted by atomic mass is 9.96. The van der Waals surface area contributed by atoms with Crippen molar-refractivity contribution in [3.8, 4) is 0 Å². The summed E-state index contributed by atoms with van der Waals surface area (Å²) >= 11 is 5.97. The Hall–Kier alpha value is -3.90. The van der Waals surface area contributed by atoms with E-state index in [9.17, 15) is 14.7 Å². The fraction of sp³-hybridized carbons (Fsp3) is 0.115. The summed E-state index contributed by atoms with van der Waals surface area (Å²) in [5.41, 5.74) is 3.19. The summed E-state index contributed by atoms with van der Waals surface area (Å²) < 4.78 is 0. The van der Waals surface area contributed by atoms with E-state index in [0.717, 1.165) is 16.5 Å². The molecule has 33 heavy (non-hydrogen) atoms. The number of H-pyrrole nitrogens is 1. The Kier molecular flexibility index (Phi) is 5.44. The molecule has 0 radical (unpaired) electrons. The molecule has 1 fully saturated rings. The van der Waals surface area contributed by atoms with Gasteiger partial charge in [0.2, 0.25) is 0 Å². The van der Waals surface area contributed by atoms with E-state index in [1.165, 1.54) is 4.90 Å². The molecule has 6 nitrogen and oxygen atoms in total.